The monoisotopic (exact) mass is 370 g/mol. The van der Waals surface area contributed by atoms with Gasteiger partial charge in [0.2, 0.25) is 6.85 Å². The minimum Gasteiger partial charge on any atom is -0.372 e. The second-order valence-electron chi connectivity index (χ2n) is 3.62. The number of halogens is 8. The first-order valence-corrected chi connectivity index (χ1v) is 8.10. The van der Waals surface area contributed by atoms with Crippen LogP contribution in [0.25, 0.3) is 0 Å². The highest BCUT2D eigenvalue weighted by Gasteiger charge is 2.30. The minimum absolute atomic E-state index is 0.269. The average molecular weight is 371 g/mol. The molecule has 0 aliphatic heterocycles. The zero-order valence-electron chi connectivity index (χ0n) is 9.81. The predicted molar refractivity (Wildman–Crippen MR) is 61.8 cm³/mol. The minimum atomic E-state index is -4.52. The van der Waals surface area contributed by atoms with Crippen LogP contribution in [-0.4, -0.2) is 45.4 Å². The van der Waals surface area contributed by atoms with Crippen LogP contribution in [0.1, 0.15) is 0 Å². The molecule has 12 heteroatoms. The van der Waals surface area contributed by atoms with Crippen molar-refractivity contribution in [2.45, 2.75) is 12.4 Å². The maximum absolute atomic E-state index is 11.9. The Labute approximate surface area is 121 Å². The first kappa shape index (κ1) is 20.5. The van der Waals surface area contributed by atoms with Gasteiger partial charge in [-0.2, -0.15) is 26.3 Å². The summed E-state index contributed by atoms with van der Waals surface area (Å²) in [4.78, 5) is 0. The summed E-state index contributed by atoms with van der Waals surface area (Å²) in [5, 5.41) is 0. The van der Waals surface area contributed by atoms with Gasteiger partial charge in [-0.05, 0) is 22.5 Å². The van der Waals surface area contributed by atoms with Gasteiger partial charge in [-0.3, -0.25) is 0 Å². The van der Waals surface area contributed by atoms with Crippen molar-refractivity contribution in [1.82, 2.24) is 0 Å². The molecule has 0 saturated heterocycles. The molecule has 0 aromatic heterocycles. The van der Waals surface area contributed by atoms with Gasteiger partial charge in [0.25, 0.3) is 0 Å². The highest BCUT2D eigenvalue weighted by atomic mass is 35.9. The topological polar surface area (TPSA) is 27.7 Å². The Kier molecular flexibility index (Phi) is 9.70. The van der Waals surface area contributed by atoms with Crippen LogP contribution < -0.4 is 0 Å². The quantitative estimate of drug-likeness (QED) is 0.442. The lowest BCUT2D eigenvalue weighted by molar-refractivity contribution is -0.187. The number of hydrogen-bond donors (Lipinski definition) is 0. The molecule has 0 aliphatic rings. The van der Waals surface area contributed by atoms with Crippen LogP contribution in [0, 0.1) is 5.92 Å². The van der Waals surface area contributed by atoms with Crippen molar-refractivity contribution in [2.24, 2.45) is 5.92 Å². The van der Waals surface area contributed by atoms with E-state index in [9.17, 15) is 26.3 Å². The molecule has 0 saturated carbocycles. The molecule has 0 spiro atoms. The zero-order valence-corrected chi connectivity index (χ0v) is 12.2. The average Bonchev–Trinajstić information content (AvgIpc) is 2.21. The molecular formula is C8H11Cl2F6O3P. The number of alkyl halides is 6. The van der Waals surface area contributed by atoms with Crippen LogP contribution in [0.4, 0.5) is 26.3 Å². The summed E-state index contributed by atoms with van der Waals surface area (Å²) >= 11 is 10.6. The first-order valence-electron chi connectivity index (χ1n) is 5.03. The fourth-order valence-electron chi connectivity index (χ4n) is 0.989. The Hall–Kier alpha value is 0.470. The predicted octanol–water partition coefficient (Wildman–Crippen LogP) is 4.48. The number of ether oxygens (including phenoxy) is 2. The summed E-state index contributed by atoms with van der Waals surface area (Å²) < 4.78 is 84.5. The maximum atomic E-state index is 11.9. The molecule has 3 nitrogen and oxygen atoms in total. The summed E-state index contributed by atoms with van der Waals surface area (Å²) in [5.41, 5.74) is 0. The van der Waals surface area contributed by atoms with Gasteiger partial charge in [0.1, 0.15) is 13.2 Å². The molecule has 0 heterocycles. The van der Waals surface area contributed by atoms with Gasteiger partial charge in [0.15, 0.2) is 0 Å². The van der Waals surface area contributed by atoms with Crippen molar-refractivity contribution in [3.05, 3.63) is 0 Å². The zero-order chi connectivity index (χ0) is 15.8. The van der Waals surface area contributed by atoms with E-state index < -0.39 is 51.6 Å². The molecule has 0 amide bonds. The van der Waals surface area contributed by atoms with Crippen LogP contribution in [0.5, 0.6) is 0 Å². The Balaban J connectivity index is 4.06. The smallest absolute Gasteiger partial charge is 0.372 e. The van der Waals surface area contributed by atoms with E-state index >= 15 is 0 Å². The molecule has 0 bridgehead atoms. The van der Waals surface area contributed by atoms with Crippen LogP contribution >= 0.6 is 29.3 Å². The fourth-order valence-corrected chi connectivity index (χ4v) is 1.65. The number of hydrogen-bond acceptors (Lipinski definition) is 3. The van der Waals surface area contributed by atoms with Gasteiger partial charge in [-0.25, -0.2) is 0 Å². The summed E-state index contributed by atoms with van der Waals surface area (Å²) in [6.45, 7) is -6.10. The molecular weight excluding hydrogens is 360 g/mol. The second-order valence-corrected chi connectivity index (χ2v) is 6.65. The van der Waals surface area contributed by atoms with Gasteiger partial charge in [-0.15, -0.1) is 0 Å². The van der Waals surface area contributed by atoms with Gasteiger partial charge in [-0.1, -0.05) is 0 Å². The molecule has 0 atom stereocenters. The Bertz CT molecular complexity index is 244. The van der Waals surface area contributed by atoms with E-state index in [1.54, 1.807) is 0 Å². The molecule has 0 rings (SSSR count). The lowest BCUT2D eigenvalue weighted by Crippen LogP contribution is -2.27. The highest BCUT2D eigenvalue weighted by molar-refractivity contribution is 8.00. The lowest BCUT2D eigenvalue weighted by Gasteiger charge is -2.18. The van der Waals surface area contributed by atoms with Crippen molar-refractivity contribution in [1.29, 1.82) is 0 Å². The van der Waals surface area contributed by atoms with E-state index in [1.807, 2.05) is 0 Å². The van der Waals surface area contributed by atoms with E-state index in [4.69, 9.17) is 27.0 Å². The Morgan fingerprint density at radius 2 is 1.20 bits per heavy atom. The maximum Gasteiger partial charge on any atom is 0.411 e. The third-order valence-corrected chi connectivity index (χ3v) is 2.58. The van der Waals surface area contributed by atoms with Crippen LogP contribution in [-0.2, 0) is 14.0 Å². The summed E-state index contributed by atoms with van der Waals surface area (Å²) in [6.07, 6.45) is -9.05. The molecule has 0 fully saturated rings. The molecule has 0 aromatic carbocycles. The van der Waals surface area contributed by atoms with Crippen molar-refractivity contribution >= 4 is 29.3 Å². The van der Waals surface area contributed by atoms with E-state index in [2.05, 4.69) is 9.47 Å². The molecule has 0 aliphatic carbocycles. The SMILES string of the molecule is FC(F)(F)COCC(COCC(F)(F)F)COP(Cl)Cl. The van der Waals surface area contributed by atoms with Gasteiger partial charge >= 0.3 is 12.4 Å². The van der Waals surface area contributed by atoms with Gasteiger partial charge < -0.3 is 14.0 Å². The van der Waals surface area contributed by atoms with Gasteiger partial charge in [0.05, 0.1) is 19.8 Å². The third kappa shape index (κ3) is 14.9. The standard InChI is InChI=1S/C8H11Cl2F6O3P/c9-20(10)19-3-6(1-17-4-7(11,12)13)2-18-5-8(14,15)16/h6H,1-5H2. The Morgan fingerprint density at radius 1 is 0.800 bits per heavy atom. The van der Waals surface area contributed by atoms with Crippen LogP contribution in [0.3, 0.4) is 0 Å². The van der Waals surface area contributed by atoms with E-state index in [1.165, 1.54) is 0 Å². The van der Waals surface area contributed by atoms with Crippen LogP contribution in [0.2, 0.25) is 0 Å². The first-order chi connectivity index (χ1) is 8.99. The second kappa shape index (κ2) is 9.48. The van der Waals surface area contributed by atoms with Crippen molar-refractivity contribution in [3.63, 3.8) is 0 Å². The summed E-state index contributed by atoms with van der Waals surface area (Å²) in [7, 11) is 0. The fraction of sp³-hybridized carbons (Fsp3) is 1.00. The molecule has 0 unspecified atom stereocenters. The van der Waals surface area contributed by atoms with Crippen LogP contribution in [0.15, 0.2) is 0 Å². The largest absolute Gasteiger partial charge is 0.411 e. The van der Waals surface area contributed by atoms with E-state index in [0.717, 1.165) is 0 Å². The summed E-state index contributed by atoms with van der Waals surface area (Å²) in [5.74, 6) is -0.845. The molecule has 0 aromatic rings. The van der Waals surface area contributed by atoms with Crippen molar-refractivity contribution in [2.75, 3.05) is 33.0 Å². The van der Waals surface area contributed by atoms with Gasteiger partial charge in [0, 0.05) is 5.92 Å². The van der Waals surface area contributed by atoms with Crippen molar-refractivity contribution < 1.29 is 40.3 Å². The highest BCUT2D eigenvalue weighted by Crippen LogP contribution is 2.47. The molecule has 122 valence electrons. The third-order valence-electron chi connectivity index (χ3n) is 1.65. The molecule has 0 N–H and O–H groups in total. The molecule has 20 heavy (non-hydrogen) atoms. The lowest BCUT2D eigenvalue weighted by atomic mass is 10.2. The van der Waals surface area contributed by atoms with E-state index in [0.29, 0.717) is 0 Å². The Morgan fingerprint density at radius 3 is 1.50 bits per heavy atom. The number of rotatable bonds is 9. The molecule has 0 radical (unpaired) electrons. The van der Waals surface area contributed by atoms with Crippen molar-refractivity contribution in [3.8, 4) is 0 Å². The summed E-state index contributed by atoms with van der Waals surface area (Å²) in [6, 6.07) is 0. The van der Waals surface area contributed by atoms with E-state index in [-0.39, 0.29) is 6.61 Å². The normalized spacial score (nSPS) is 13.5.